The highest BCUT2D eigenvalue weighted by molar-refractivity contribution is 7.99. The minimum Gasteiger partial charge on any atom is -0.496 e. The molecule has 0 saturated heterocycles. The SMILES string of the molecule is COc1ccccc1C(N)CSC1CCCC1. The molecular weight excluding hydrogens is 230 g/mol. The number of methoxy groups -OCH3 is 1. The number of hydrogen-bond donors (Lipinski definition) is 1. The normalized spacial score (nSPS) is 18.2. The number of thioether (sulfide) groups is 1. The van der Waals surface area contributed by atoms with Crippen molar-refractivity contribution in [2.45, 2.75) is 37.0 Å². The highest BCUT2D eigenvalue weighted by Gasteiger charge is 2.18. The number of rotatable bonds is 5. The van der Waals surface area contributed by atoms with Gasteiger partial charge in [-0.05, 0) is 18.9 Å². The smallest absolute Gasteiger partial charge is 0.123 e. The summed E-state index contributed by atoms with van der Waals surface area (Å²) in [4.78, 5) is 0. The summed E-state index contributed by atoms with van der Waals surface area (Å²) in [6.07, 6.45) is 5.51. The Bertz CT molecular complexity index is 350. The van der Waals surface area contributed by atoms with Crippen LogP contribution in [0, 0.1) is 0 Å². The molecule has 1 atom stereocenters. The lowest BCUT2D eigenvalue weighted by molar-refractivity contribution is 0.407. The third-order valence-corrected chi connectivity index (χ3v) is 4.85. The van der Waals surface area contributed by atoms with Crippen LogP contribution in [-0.4, -0.2) is 18.1 Å². The minimum atomic E-state index is 0.0803. The Morgan fingerprint density at radius 3 is 2.76 bits per heavy atom. The molecule has 0 bridgehead atoms. The molecule has 1 fully saturated rings. The molecule has 1 saturated carbocycles. The molecule has 3 heteroatoms. The van der Waals surface area contributed by atoms with Gasteiger partial charge < -0.3 is 10.5 Å². The molecule has 2 rings (SSSR count). The van der Waals surface area contributed by atoms with Crippen molar-refractivity contribution in [3.8, 4) is 5.75 Å². The first kappa shape index (κ1) is 12.8. The van der Waals surface area contributed by atoms with Crippen LogP contribution in [0.4, 0.5) is 0 Å². The zero-order valence-electron chi connectivity index (χ0n) is 10.4. The molecule has 0 radical (unpaired) electrons. The first-order valence-corrected chi connectivity index (χ1v) is 7.36. The summed E-state index contributed by atoms with van der Waals surface area (Å²) in [5, 5.41) is 0.829. The number of nitrogens with two attached hydrogens (primary N) is 1. The van der Waals surface area contributed by atoms with Gasteiger partial charge in [-0.3, -0.25) is 0 Å². The summed E-state index contributed by atoms with van der Waals surface area (Å²) >= 11 is 2.03. The second-order valence-corrected chi connectivity index (χ2v) is 5.92. The van der Waals surface area contributed by atoms with Crippen LogP contribution in [0.15, 0.2) is 24.3 Å². The zero-order chi connectivity index (χ0) is 12.1. The van der Waals surface area contributed by atoms with Gasteiger partial charge in [-0.15, -0.1) is 0 Å². The first-order chi connectivity index (χ1) is 8.31. The maximum Gasteiger partial charge on any atom is 0.123 e. The van der Waals surface area contributed by atoms with E-state index in [4.69, 9.17) is 10.5 Å². The minimum absolute atomic E-state index is 0.0803. The molecule has 0 amide bonds. The number of benzene rings is 1. The molecule has 0 aliphatic heterocycles. The van der Waals surface area contributed by atoms with E-state index in [-0.39, 0.29) is 6.04 Å². The fourth-order valence-electron chi connectivity index (χ4n) is 2.36. The van der Waals surface area contributed by atoms with Crippen molar-refractivity contribution in [2.24, 2.45) is 5.73 Å². The van der Waals surface area contributed by atoms with Crippen molar-refractivity contribution >= 4 is 11.8 Å². The highest BCUT2D eigenvalue weighted by atomic mass is 32.2. The standard InChI is InChI=1S/C14H21NOS/c1-16-14-9-5-4-8-12(14)13(15)10-17-11-6-2-3-7-11/h4-5,8-9,11,13H,2-3,6-7,10,15H2,1H3. The second kappa shape index (κ2) is 6.31. The number of ether oxygens (including phenoxy) is 1. The lowest BCUT2D eigenvalue weighted by Crippen LogP contribution is -2.15. The summed E-state index contributed by atoms with van der Waals surface area (Å²) in [5.41, 5.74) is 7.37. The van der Waals surface area contributed by atoms with Gasteiger partial charge in [0.1, 0.15) is 5.75 Å². The quantitative estimate of drug-likeness (QED) is 0.871. The van der Waals surface area contributed by atoms with Crippen LogP contribution in [0.1, 0.15) is 37.3 Å². The Labute approximate surface area is 108 Å². The van der Waals surface area contributed by atoms with Crippen LogP contribution < -0.4 is 10.5 Å². The molecule has 17 heavy (non-hydrogen) atoms. The van der Waals surface area contributed by atoms with Crippen LogP contribution in [0.3, 0.4) is 0 Å². The summed E-state index contributed by atoms with van der Waals surface area (Å²) in [7, 11) is 1.70. The van der Waals surface area contributed by atoms with Crippen LogP contribution in [0.2, 0.25) is 0 Å². The second-order valence-electron chi connectivity index (χ2n) is 4.59. The predicted molar refractivity (Wildman–Crippen MR) is 74.6 cm³/mol. The van der Waals surface area contributed by atoms with Gasteiger partial charge >= 0.3 is 0 Å². The van der Waals surface area contributed by atoms with Crippen molar-refractivity contribution < 1.29 is 4.74 Å². The Morgan fingerprint density at radius 1 is 1.35 bits per heavy atom. The topological polar surface area (TPSA) is 35.2 Å². The van der Waals surface area contributed by atoms with E-state index in [0.29, 0.717) is 0 Å². The molecule has 2 N–H and O–H groups in total. The molecule has 2 nitrogen and oxygen atoms in total. The van der Waals surface area contributed by atoms with Crippen LogP contribution in [0.25, 0.3) is 0 Å². The largest absolute Gasteiger partial charge is 0.496 e. The molecule has 1 unspecified atom stereocenters. The Kier molecular flexibility index (Phi) is 4.75. The lowest BCUT2D eigenvalue weighted by Gasteiger charge is -2.17. The van der Waals surface area contributed by atoms with Crippen molar-refractivity contribution in [2.75, 3.05) is 12.9 Å². The third-order valence-electron chi connectivity index (χ3n) is 3.35. The number of hydrogen-bond acceptors (Lipinski definition) is 3. The molecule has 1 aliphatic carbocycles. The molecule has 94 valence electrons. The van der Waals surface area contributed by atoms with E-state index in [9.17, 15) is 0 Å². The summed E-state index contributed by atoms with van der Waals surface area (Å²) in [5.74, 6) is 1.90. The summed E-state index contributed by atoms with van der Waals surface area (Å²) in [6.45, 7) is 0. The molecular formula is C14H21NOS. The molecule has 0 heterocycles. The fourth-order valence-corrected chi connectivity index (χ4v) is 3.68. The lowest BCUT2D eigenvalue weighted by atomic mass is 10.1. The van der Waals surface area contributed by atoms with Gasteiger partial charge in [0.2, 0.25) is 0 Å². The van der Waals surface area contributed by atoms with Gasteiger partial charge in [0.05, 0.1) is 7.11 Å². The van der Waals surface area contributed by atoms with Gasteiger partial charge in [0, 0.05) is 22.6 Å². The van der Waals surface area contributed by atoms with E-state index in [1.807, 2.05) is 30.0 Å². The first-order valence-electron chi connectivity index (χ1n) is 6.31. The Balaban J connectivity index is 1.91. The zero-order valence-corrected chi connectivity index (χ0v) is 11.2. The highest BCUT2D eigenvalue weighted by Crippen LogP contribution is 2.33. The molecule has 1 aromatic carbocycles. The summed E-state index contributed by atoms with van der Waals surface area (Å²) < 4.78 is 5.35. The van der Waals surface area contributed by atoms with E-state index in [1.165, 1.54) is 25.7 Å². The van der Waals surface area contributed by atoms with Crippen molar-refractivity contribution in [1.82, 2.24) is 0 Å². The Hall–Kier alpha value is -0.670. The van der Waals surface area contributed by atoms with E-state index >= 15 is 0 Å². The third kappa shape index (κ3) is 3.39. The molecule has 1 aromatic rings. The van der Waals surface area contributed by atoms with Crippen LogP contribution in [0.5, 0.6) is 5.75 Å². The summed E-state index contributed by atoms with van der Waals surface area (Å²) in [6, 6.07) is 8.14. The molecule has 1 aliphatic rings. The van der Waals surface area contributed by atoms with Crippen LogP contribution in [-0.2, 0) is 0 Å². The van der Waals surface area contributed by atoms with Gasteiger partial charge in [-0.1, -0.05) is 31.0 Å². The average Bonchev–Trinajstić information content (AvgIpc) is 2.89. The van der Waals surface area contributed by atoms with Gasteiger partial charge in [0.15, 0.2) is 0 Å². The van der Waals surface area contributed by atoms with Crippen LogP contribution >= 0.6 is 11.8 Å². The fraction of sp³-hybridized carbons (Fsp3) is 0.571. The van der Waals surface area contributed by atoms with E-state index < -0.39 is 0 Å². The molecule has 0 spiro atoms. The Morgan fingerprint density at radius 2 is 2.06 bits per heavy atom. The van der Waals surface area contributed by atoms with E-state index in [1.54, 1.807) is 7.11 Å². The van der Waals surface area contributed by atoms with Gasteiger partial charge in [-0.2, -0.15) is 11.8 Å². The average molecular weight is 251 g/mol. The van der Waals surface area contributed by atoms with Gasteiger partial charge in [-0.25, -0.2) is 0 Å². The van der Waals surface area contributed by atoms with Gasteiger partial charge in [0.25, 0.3) is 0 Å². The molecule has 0 aromatic heterocycles. The predicted octanol–water partition coefficient (Wildman–Crippen LogP) is 3.37. The van der Waals surface area contributed by atoms with Crippen molar-refractivity contribution in [3.63, 3.8) is 0 Å². The maximum absolute atomic E-state index is 6.25. The van der Waals surface area contributed by atoms with Crippen molar-refractivity contribution in [1.29, 1.82) is 0 Å². The maximum atomic E-state index is 6.25. The van der Waals surface area contributed by atoms with E-state index in [0.717, 1.165) is 22.3 Å². The number of para-hydroxylation sites is 1. The van der Waals surface area contributed by atoms with Crippen molar-refractivity contribution in [3.05, 3.63) is 29.8 Å². The van der Waals surface area contributed by atoms with E-state index in [2.05, 4.69) is 6.07 Å². The monoisotopic (exact) mass is 251 g/mol.